The largest absolute Gasteiger partial charge is 0.381 e. The highest BCUT2D eigenvalue weighted by molar-refractivity contribution is 6.00. The summed E-state index contributed by atoms with van der Waals surface area (Å²) >= 11 is 0. The molecule has 2 fully saturated rings. The standard InChI is InChI=1S/C24H31N7O4/c1-25-21-12-20(29-22-16(13-26-31(21)22)23(32)28-18-11-19(18)35-3)27-17-5-4-10-30(24(17)33)14-6-8-15(34-2)9-7-14/h4-5,10,12-15,18-19,25H,6-9,11H2,1-3H3,(H,27,29)(H,28,32)/t14?,15?,18-,19-/m0/s1. The summed E-state index contributed by atoms with van der Waals surface area (Å²) in [6, 6.07) is 5.50. The maximum atomic E-state index is 13.3. The molecule has 1 amide bonds. The van der Waals surface area contributed by atoms with Gasteiger partial charge in [-0.25, -0.2) is 4.98 Å². The summed E-state index contributed by atoms with van der Waals surface area (Å²) in [5.74, 6) is 0.812. The number of nitrogens with one attached hydrogen (secondary N) is 3. The summed E-state index contributed by atoms with van der Waals surface area (Å²) in [5, 5.41) is 13.5. The van der Waals surface area contributed by atoms with E-state index in [4.69, 9.17) is 9.47 Å². The summed E-state index contributed by atoms with van der Waals surface area (Å²) in [5.41, 5.74) is 1.06. The zero-order valence-corrected chi connectivity index (χ0v) is 20.2. The predicted octanol–water partition coefficient (Wildman–Crippen LogP) is 2.32. The van der Waals surface area contributed by atoms with Crippen molar-refractivity contribution in [3.63, 3.8) is 0 Å². The van der Waals surface area contributed by atoms with E-state index in [-0.39, 0.29) is 35.8 Å². The Bertz CT molecular complexity index is 1280. The molecule has 186 valence electrons. The fraction of sp³-hybridized carbons (Fsp3) is 0.500. The average Bonchev–Trinajstić information content (AvgIpc) is 3.49. The van der Waals surface area contributed by atoms with Crippen LogP contribution in [0.25, 0.3) is 5.65 Å². The van der Waals surface area contributed by atoms with Gasteiger partial charge in [0.2, 0.25) is 0 Å². The number of nitrogens with zero attached hydrogens (tertiary/aromatic N) is 4. The summed E-state index contributed by atoms with van der Waals surface area (Å²) in [6.07, 6.45) is 8.11. The van der Waals surface area contributed by atoms with Gasteiger partial charge in [0.15, 0.2) is 5.65 Å². The molecule has 0 radical (unpaired) electrons. The number of ether oxygens (including phenoxy) is 2. The van der Waals surface area contributed by atoms with Gasteiger partial charge in [0.05, 0.1) is 24.4 Å². The normalized spacial score (nSPS) is 23.7. The zero-order valence-electron chi connectivity index (χ0n) is 20.2. The van der Waals surface area contributed by atoms with Gasteiger partial charge in [-0.15, -0.1) is 0 Å². The van der Waals surface area contributed by atoms with Gasteiger partial charge in [0.25, 0.3) is 11.5 Å². The van der Waals surface area contributed by atoms with Crippen molar-refractivity contribution in [1.29, 1.82) is 0 Å². The van der Waals surface area contributed by atoms with E-state index < -0.39 is 0 Å². The van der Waals surface area contributed by atoms with Crippen molar-refractivity contribution in [1.82, 2.24) is 24.5 Å². The molecule has 2 aliphatic carbocycles. The lowest BCUT2D eigenvalue weighted by atomic mass is 9.92. The number of anilines is 3. The number of fused-ring (bicyclic) bond motifs is 1. The predicted molar refractivity (Wildman–Crippen MR) is 131 cm³/mol. The second-order valence-electron chi connectivity index (χ2n) is 9.09. The molecule has 3 aromatic heterocycles. The van der Waals surface area contributed by atoms with Crippen LogP contribution in [0.2, 0.25) is 0 Å². The first-order valence-electron chi connectivity index (χ1n) is 11.9. The van der Waals surface area contributed by atoms with Crippen LogP contribution in [0.5, 0.6) is 0 Å². The van der Waals surface area contributed by atoms with E-state index in [1.807, 2.05) is 12.3 Å². The quantitative estimate of drug-likeness (QED) is 0.448. The summed E-state index contributed by atoms with van der Waals surface area (Å²) in [7, 11) is 5.13. The van der Waals surface area contributed by atoms with Crippen molar-refractivity contribution in [2.24, 2.45) is 0 Å². The van der Waals surface area contributed by atoms with Crippen molar-refractivity contribution in [3.05, 3.63) is 46.5 Å². The molecule has 0 saturated heterocycles. The summed E-state index contributed by atoms with van der Waals surface area (Å²) in [4.78, 5) is 30.8. The van der Waals surface area contributed by atoms with Gasteiger partial charge in [-0.05, 0) is 44.2 Å². The molecule has 0 aromatic carbocycles. The smallest absolute Gasteiger partial charge is 0.274 e. The van der Waals surface area contributed by atoms with Crippen LogP contribution < -0.4 is 21.5 Å². The molecule has 11 heteroatoms. The third-order valence-electron chi connectivity index (χ3n) is 6.93. The van der Waals surface area contributed by atoms with E-state index in [0.29, 0.717) is 28.5 Å². The third kappa shape index (κ3) is 4.61. The zero-order chi connectivity index (χ0) is 24.5. The Labute approximate surface area is 202 Å². The molecule has 3 aromatic rings. The van der Waals surface area contributed by atoms with Crippen LogP contribution in [0.3, 0.4) is 0 Å². The van der Waals surface area contributed by atoms with Gasteiger partial charge in [-0.2, -0.15) is 9.61 Å². The number of aromatic nitrogens is 4. The lowest BCUT2D eigenvalue weighted by Gasteiger charge is -2.29. The van der Waals surface area contributed by atoms with Crippen LogP contribution in [0.4, 0.5) is 17.3 Å². The second-order valence-corrected chi connectivity index (χ2v) is 9.09. The molecule has 2 aliphatic rings. The molecule has 11 nitrogen and oxygen atoms in total. The van der Waals surface area contributed by atoms with Gasteiger partial charge in [-0.1, -0.05) is 0 Å². The van der Waals surface area contributed by atoms with E-state index in [1.165, 1.54) is 6.20 Å². The minimum atomic E-state index is -0.259. The van der Waals surface area contributed by atoms with Crippen LogP contribution in [0.15, 0.2) is 35.4 Å². The molecule has 2 atom stereocenters. The summed E-state index contributed by atoms with van der Waals surface area (Å²) < 4.78 is 14.1. The highest BCUT2D eigenvalue weighted by atomic mass is 16.5. The first-order valence-corrected chi connectivity index (χ1v) is 11.9. The van der Waals surface area contributed by atoms with Crippen molar-refractivity contribution >= 4 is 28.9 Å². The van der Waals surface area contributed by atoms with Gasteiger partial charge in [-0.3, -0.25) is 9.59 Å². The Morgan fingerprint density at radius 2 is 1.97 bits per heavy atom. The fourth-order valence-corrected chi connectivity index (χ4v) is 4.79. The van der Waals surface area contributed by atoms with Crippen LogP contribution in [-0.4, -0.2) is 64.6 Å². The number of hydrogen-bond donors (Lipinski definition) is 3. The van der Waals surface area contributed by atoms with Gasteiger partial charge >= 0.3 is 0 Å². The highest BCUT2D eigenvalue weighted by Crippen LogP contribution is 2.29. The minimum absolute atomic E-state index is 0.00531. The molecule has 0 aliphatic heterocycles. The van der Waals surface area contributed by atoms with Crippen molar-refractivity contribution in [3.8, 4) is 0 Å². The second kappa shape index (κ2) is 9.67. The van der Waals surface area contributed by atoms with E-state index in [9.17, 15) is 9.59 Å². The topological polar surface area (TPSA) is 124 Å². The Balaban J connectivity index is 1.41. The Morgan fingerprint density at radius 3 is 2.66 bits per heavy atom. The highest BCUT2D eigenvalue weighted by Gasteiger charge is 2.39. The van der Waals surface area contributed by atoms with Crippen LogP contribution in [0, 0.1) is 0 Å². The van der Waals surface area contributed by atoms with Gasteiger partial charge < -0.3 is 30.0 Å². The van der Waals surface area contributed by atoms with Crippen LogP contribution >= 0.6 is 0 Å². The van der Waals surface area contributed by atoms with Crippen molar-refractivity contribution < 1.29 is 14.3 Å². The Kier molecular flexibility index (Phi) is 6.44. The molecule has 2 saturated carbocycles. The fourth-order valence-electron chi connectivity index (χ4n) is 4.79. The minimum Gasteiger partial charge on any atom is -0.381 e. The molecule has 3 heterocycles. The summed E-state index contributed by atoms with van der Waals surface area (Å²) in [6.45, 7) is 0. The number of carbonyl (C=O) groups excluding carboxylic acids is 1. The first-order chi connectivity index (χ1) is 17.0. The molecule has 5 rings (SSSR count). The van der Waals surface area contributed by atoms with E-state index in [1.54, 1.807) is 42.5 Å². The lowest BCUT2D eigenvalue weighted by Crippen LogP contribution is -2.30. The van der Waals surface area contributed by atoms with Crippen molar-refractivity contribution in [2.45, 2.75) is 56.4 Å². The molecule has 0 spiro atoms. The monoisotopic (exact) mass is 481 g/mol. The lowest BCUT2D eigenvalue weighted by molar-refractivity contribution is 0.0580. The van der Waals surface area contributed by atoms with Crippen LogP contribution in [-0.2, 0) is 9.47 Å². The third-order valence-corrected chi connectivity index (χ3v) is 6.93. The number of amides is 1. The van der Waals surface area contributed by atoms with E-state index in [0.717, 1.165) is 32.1 Å². The van der Waals surface area contributed by atoms with Gasteiger partial charge in [0.1, 0.15) is 22.9 Å². The molecular formula is C24H31N7O4. The molecule has 0 unspecified atom stereocenters. The Morgan fingerprint density at radius 1 is 1.17 bits per heavy atom. The number of hydrogen-bond acceptors (Lipinski definition) is 8. The van der Waals surface area contributed by atoms with E-state index in [2.05, 4.69) is 26.0 Å². The number of methoxy groups -OCH3 is 2. The SMILES string of the molecule is CNc1cc(Nc2cccn(C3CCC(OC)CC3)c2=O)nc2c(C(=O)N[C@H]3C[C@@H]3OC)cnn12. The van der Waals surface area contributed by atoms with E-state index >= 15 is 0 Å². The van der Waals surface area contributed by atoms with Crippen LogP contribution in [0.1, 0.15) is 48.5 Å². The molecular weight excluding hydrogens is 450 g/mol. The molecule has 0 bridgehead atoms. The van der Waals surface area contributed by atoms with Gasteiger partial charge in [0, 0.05) is 39.6 Å². The first kappa shape index (κ1) is 23.3. The number of rotatable bonds is 8. The maximum Gasteiger partial charge on any atom is 0.274 e. The maximum absolute atomic E-state index is 13.3. The molecule has 35 heavy (non-hydrogen) atoms. The number of pyridine rings is 1. The number of carbonyl (C=O) groups is 1. The Hall–Kier alpha value is -3.44. The van der Waals surface area contributed by atoms with Crippen molar-refractivity contribution in [2.75, 3.05) is 31.9 Å². The average molecular weight is 482 g/mol. The molecule has 3 N–H and O–H groups in total.